The molecular formula is C11H8BrF2NS. The second-order valence-corrected chi connectivity index (χ2v) is 5.78. The Morgan fingerprint density at radius 2 is 1.94 bits per heavy atom. The van der Waals surface area contributed by atoms with Crippen LogP contribution in [-0.2, 0) is 0 Å². The van der Waals surface area contributed by atoms with Crippen LogP contribution in [0.2, 0.25) is 0 Å². The molecule has 1 aromatic carbocycles. The molecule has 2 aromatic rings. The minimum atomic E-state index is -0.614. The lowest BCUT2D eigenvalue weighted by molar-refractivity contribution is 0.566. The highest BCUT2D eigenvalue weighted by Crippen LogP contribution is 2.30. The standard InChI is InChI=1S/C11H8BrF2NS/c12-10-4-3-9(16-10)11(15)7-2-1-6(13)5-8(7)14/h1-5,11H,15H2. The van der Waals surface area contributed by atoms with Gasteiger partial charge >= 0.3 is 0 Å². The van der Waals surface area contributed by atoms with Crippen LogP contribution in [0.4, 0.5) is 8.78 Å². The van der Waals surface area contributed by atoms with Crippen molar-refractivity contribution in [2.24, 2.45) is 5.73 Å². The second-order valence-electron chi connectivity index (χ2n) is 3.29. The molecule has 0 bridgehead atoms. The summed E-state index contributed by atoms with van der Waals surface area (Å²) in [6, 6.07) is 6.54. The van der Waals surface area contributed by atoms with Crippen molar-refractivity contribution in [3.63, 3.8) is 0 Å². The van der Waals surface area contributed by atoms with Crippen LogP contribution in [0.1, 0.15) is 16.5 Å². The molecule has 0 aliphatic heterocycles. The fourth-order valence-electron chi connectivity index (χ4n) is 1.40. The highest BCUT2D eigenvalue weighted by molar-refractivity contribution is 9.11. The number of rotatable bonds is 2. The van der Waals surface area contributed by atoms with Crippen LogP contribution < -0.4 is 5.73 Å². The first kappa shape index (κ1) is 11.7. The number of hydrogen-bond donors (Lipinski definition) is 1. The molecule has 0 aliphatic carbocycles. The van der Waals surface area contributed by atoms with E-state index in [1.807, 2.05) is 12.1 Å². The van der Waals surface area contributed by atoms with Crippen LogP contribution in [0.3, 0.4) is 0 Å². The van der Waals surface area contributed by atoms with E-state index in [4.69, 9.17) is 5.73 Å². The van der Waals surface area contributed by atoms with Gasteiger partial charge in [0.1, 0.15) is 11.6 Å². The lowest BCUT2D eigenvalue weighted by atomic mass is 10.1. The predicted octanol–water partition coefficient (Wildman–Crippen LogP) is 3.84. The Labute approximate surface area is 104 Å². The van der Waals surface area contributed by atoms with Crippen molar-refractivity contribution in [1.82, 2.24) is 0 Å². The van der Waals surface area contributed by atoms with E-state index < -0.39 is 17.7 Å². The van der Waals surface area contributed by atoms with Gasteiger partial charge in [0.05, 0.1) is 9.83 Å². The van der Waals surface area contributed by atoms with E-state index in [0.717, 1.165) is 14.7 Å². The summed E-state index contributed by atoms with van der Waals surface area (Å²) in [6.45, 7) is 0. The van der Waals surface area contributed by atoms with E-state index in [1.54, 1.807) is 0 Å². The summed E-state index contributed by atoms with van der Waals surface area (Å²) < 4.78 is 27.1. The molecule has 5 heteroatoms. The minimum Gasteiger partial charge on any atom is -0.320 e. The first-order valence-electron chi connectivity index (χ1n) is 4.53. The van der Waals surface area contributed by atoms with Gasteiger partial charge in [-0.3, -0.25) is 0 Å². The van der Waals surface area contributed by atoms with Gasteiger partial charge in [-0.25, -0.2) is 8.78 Å². The van der Waals surface area contributed by atoms with Crippen molar-refractivity contribution in [2.75, 3.05) is 0 Å². The second kappa shape index (κ2) is 4.61. The number of hydrogen-bond acceptors (Lipinski definition) is 2. The average Bonchev–Trinajstić information content (AvgIpc) is 2.64. The smallest absolute Gasteiger partial charge is 0.131 e. The van der Waals surface area contributed by atoms with Crippen molar-refractivity contribution in [1.29, 1.82) is 0 Å². The van der Waals surface area contributed by atoms with Gasteiger partial charge in [-0.05, 0) is 34.1 Å². The lowest BCUT2D eigenvalue weighted by Gasteiger charge is -2.10. The van der Waals surface area contributed by atoms with Gasteiger partial charge in [0.2, 0.25) is 0 Å². The van der Waals surface area contributed by atoms with Crippen LogP contribution in [0.25, 0.3) is 0 Å². The van der Waals surface area contributed by atoms with Crippen molar-refractivity contribution < 1.29 is 8.78 Å². The number of thiophene rings is 1. The summed E-state index contributed by atoms with van der Waals surface area (Å²) in [4.78, 5) is 0.831. The van der Waals surface area contributed by atoms with E-state index in [-0.39, 0.29) is 0 Å². The highest BCUT2D eigenvalue weighted by Gasteiger charge is 2.15. The predicted molar refractivity (Wildman–Crippen MR) is 64.4 cm³/mol. The fraction of sp³-hybridized carbons (Fsp3) is 0.0909. The third-order valence-electron chi connectivity index (χ3n) is 2.20. The molecule has 2 N–H and O–H groups in total. The van der Waals surface area contributed by atoms with Gasteiger partial charge in [-0.1, -0.05) is 6.07 Å². The molecule has 1 heterocycles. The molecule has 16 heavy (non-hydrogen) atoms. The van der Waals surface area contributed by atoms with E-state index in [9.17, 15) is 8.78 Å². The third kappa shape index (κ3) is 2.31. The molecule has 0 spiro atoms. The molecule has 1 unspecified atom stereocenters. The zero-order valence-electron chi connectivity index (χ0n) is 8.08. The molecule has 2 rings (SSSR count). The number of benzene rings is 1. The molecule has 0 amide bonds. The summed E-state index contributed by atoms with van der Waals surface area (Å²) in [5.74, 6) is -1.21. The fourth-order valence-corrected chi connectivity index (χ4v) is 2.85. The van der Waals surface area contributed by atoms with Crippen LogP contribution in [-0.4, -0.2) is 0 Å². The molecule has 0 radical (unpaired) electrons. The summed E-state index contributed by atoms with van der Waals surface area (Å²) in [5.41, 5.74) is 6.21. The van der Waals surface area contributed by atoms with E-state index >= 15 is 0 Å². The van der Waals surface area contributed by atoms with E-state index in [0.29, 0.717) is 5.56 Å². The van der Waals surface area contributed by atoms with Gasteiger partial charge in [0.15, 0.2) is 0 Å². The third-order valence-corrected chi connectivity index (χ3v) is 3.90. The molecule has 1 atom stereocenters. The quantitative estimate of drug-likeness (QED) is 0.896. The van der Waals surface area contributed by atoms with E-state index in [1.165, 1.54) is 23.5 Å². The Morgan fingerprint density at radius 3 is 2.50 bits per heavy atom. The number of nitrogens with two attached hydrogens (primary N) is 1. The molecule has 0 fully saturated rings. The maximum absolute atomic E-state index is 13.5. The Hall–Kier alpha value is -0.780. The van der Waals surface area contributed by atoms with Gasteiger partial charge in [0.25, 0.3) is 0 Å². The largest absolute Gasteiger partial charge is 0.320 e. The molecular weight excluding hydrogens is 296 g/mol. The van der Waals surface area contributed by atoms with Gasteiger partial charge in [0, 0.05) is 16.5 Å². The SMILES string of the molecule is NC(c1ccc(Br)s1)c1ccc(F)cc1F. The Balaban J connectivity index is 2.37. The molecule has 0 saturated carbocycles. The maximum Gasteiger partial charge on any atom is 0.131 e. The van der Waals surface area contributed by atoms with Crippen LogP contribution >= 0.6 is 27.3 Å². The van der Waals surface area contributed by atoms with Crippen LogP contribution in [0.5, 0.6) is 0 Å². The zero-order valence-corrected chi connectivity index (χ0v) is 10.5. The van der Waals surface area contributed by atoms with Crippen molar-refractivity contribution in [3.8, 4) is 0 Å². The Bertz CT molecular complexity index is 512. The van der Waals surface area contributed by atoms with Gasteiger partial charge < -0.3 is 5.73 Å². The first-order valence-corrected chi connectivity index (χ1v) is 6.14. The van der Waals surface area contributed by atoms with Crippen molar-refractivity contribution in [3.05, 3.63) is 56.2 Å². The molecule has 0 aliphatic rings. The minimum absolute atomic E-state index is 0.302. The molecule has 1 nitrogen and oxygen atoms in total. The summed E-state index contributed by atoms with van der Waals surface area (Å²) >= 11 is 4.75. The van der Waals surface area contributed by atoms with Crippen LogP contribution in [0.15, 0.2) is 34.1 Å². The zero-order chi connectivity index (χ0) is 11.7. The highest BCUT2D eigenvalue weighted by atomic mass is 79.9. The van der Waals surface area contributed by atoms with Crippen LogP contribution in [0, 0.1) is 11.6 Å². The normalized spacial score (nSPS) is 12.8. The summed E-state index contributed by atoms with van der Waals surface area (Å²) in [6.07, 6.45) is 0. The Morgan fingerprint density at radius 1 is 1.19 bits per heavy atom. The lowest BCUT2D eigenvalue weighted by Crippen LogP contribution is -2.12. The van der Waals surface area contributed by atoms with Crippen molar-refractivity contribution >= 4 is 27.3 Å². The van der Waals surface area contributed by atoms with Gasteiger partial charge in [-0.2, -0.15) is 0 Å². The topological polar surface area (TPSA) is 26.0 Å². The summed E-state index contributed by atoms with van der Waals surface area (Å²) in [5, 5.41) is 0. The monoisotopic (exact) mass is 303 g/mol. The molecule has 84 valence electrons. The maximum atomic E-state index is 13.5. The number of halogens is 3. The first-order chi connectivity index (χ1) is 7.58. The van der Waals surface area contributed by atoms with Gasteiger partial charge in [-0.15, -0.1) is 11.3 Å². The van der Waals surface area contributed by atoms with Crippen molar-refractivity contribution in [2.45, 2.75) is 6.04 Å². The molecule has 1 aromatic heterocycles. The average molecular weight is 304 g/mol. The Kier molecular flexibility index (Phi) is 3.37. The summed E-state index contributed by atoms with van der Waals surface area (Å²) in [7, 11) is 0. The van der Waals surface area contributed by atoms with E-state index in [2.05, 4.69) is 15.9 Å². The molecule has 0 saturated heterocycles.